The molecule has 0 aliphatic heterocycles. The molecule has 0 saturated heterocycles. The van der Waals surface area contributed by atoms with E-state index in [9.17, 15) is 0 Å². The van der Waals surface area contributed by atoms with Crippen molar-refractivity contribution in [2.45, 2.75) is 13.5 Å². The van der Waals surface area contributed by atoms with Crippen molar-refractivity contribution >= 4 is 9.47 Å². The summed E-state index contributed by atoms with van der Waals surface area (Å²) < 4.78 is 4.84. The van der Waals surface area contributed by atoms with Crippen LogP contribution in [0.2, 0.25) is 0 Å². The zero-order chi connectivity index (χ0) is 7.40. The molecular formula is C7H10NOP. The first kappa shape index (κ1) is 7.64. The van der Waals surface area contributed by atoms with E-state index in [-0.39, 0.29) is 0 Å². The molecule has 1 aromatic heterocycles. The summed E-state index contributed by atoms with van der Waals surface area (Å²) in [4.78, 5) is 4.11. The van der Waals surface area contributed by atoms with E-state index in [1.807, 2.05) is 25.3 Å². The highest BCUT2D eigenvalue weighted by molar-refractivity contribution is 7.09. The van der Waals surface area contributed by atoms with E-state index in [0.717, 1.165) is 11.3 Å². The van der Waals surface area contributed by atoms with Crippen LogP contribution in [-0.2, 0) is 11.1 Å². The highest BCUT2D eigenvalue weighted by Gasteiger charge is 1.89. The van der Waals surface area contributed by atoms with E-state index in [1.54, 1.807) is 0 Å². The predicted octanol–water partition coefficient (Wildman–Crippen LogP) is 1.70. The summed E-state index contributed by atoms with van der Waals surface area (Å²) in [5.74, 6) is 0. The van der Waals surface area contributed by atoms with Crippen LogP contribution in [-0.4, -0.2) is 4.98 Å². The van der Waals surface area contributed by atoms with Crippen molar-refractivity contribution in [3.63, 3.8) is 0 Å². The van der Waals surface area contributed by atoms with Gasteiger partial charge >= 0.3 is 0 Å². The Morgan fingerprint density at radius 1 is 1.60 bits per heavy atom. The van der Waals surface area contributed by atoms with Gasteiger partial charge < -0.3 is 4.52 Å². The van der Waals surface area contributed by atoms with Crippen LogP contribution >= 0.6 is 9.47 Å². The van der Waals surface area contributed by atoms with Gasteiger partial charge in [-0.25, -0.2) is 0 Å². The molecule has 0 amide bonds. The van der Waals surface area contributed by atoms with Crippen LogP contribution in [0.4, 0.5) is 0 Å². The van der Waals surface area contributed by atoms with Crippen molar-refractivity contribution in [2.75, 3.05) is 0 Å². The lowest BCUT2D eigenvalue weighted by Crippen LogP contribution is -1.86. The Morgan fingerprint density at radius 3 is 2.90 bits per heavy atom. The lowest BCUT2D eigenvalue weighted by atomic mass is 10.3. The standard InChI is InChI=1S/C7H10NOP/c1-6-2-3-7(4-8-6)5-9-10/h2-4H,5,10H2,1H3. The van der Waals surface area contributed by atoms with Gasteiger partial charge in [-0.05, 0) is 18.6 Å². The molecule has 0 spiro atoms. The average Bonchev–Trinajstić information content (AvgIpc) is 1.95. The first-order chi connectivity index (χ1) is 4.83. The summed E-state index contributed by atoms with van der Waals surface area (Å²) in [6, 6.07) is 3.98. The minimum atomic E-state index is 0.609. The van der Waals surface area contributed by atoms with Crippen molar-refractivity contribution in [1.82, 2.24) is 4.98 Å². The third-order valence-corrected chi connectivity index (χ3v) is 1.39. The number of hydrogen-bond donors (Lipinski definition) is 0. The van der Waals surface area contributed by atoms with E-state index < -0.39 is 0 Å². The Hall–Kier alpha value is -0.460. The van der Waals surface area contributed by atoms with Crippen molar-refractivity contribution in [3.05, 3.63) is 29.6 Å². The van der Waals surface area contributed by atoms with E-state index in [1.165, 1.54) is 0 Å². The Bertz CT molecular complexity index is 197. The topological polar surface area (TPSA) is 22.1 Å². The van der Waals surface area contributed by atoms with Crippen LogP contribution in [0.5, 0.6) is 0 Å². The second-order valence-corrected chi connectivity index (χ2v) is 2.45. The maximum atomic E-state index is 4.84. The normalized spacial score (nSPS) is 9.80. The minimum absolute atomic E-state index is 0.609. The molecule has 1 rings (SSSR count). The molecule has 0 aliphatic rings. The summed E-state index contributed by atoms with van der Waals surface area (Å²) in [5.41, 5.74) is 2.13. The van der Waals surface area contributed by atoms with Crippen LogP contribution in [0.3, 0.4) is 0 Å². The maximum absolute atomic E-state index is 4.84. The summed E-state index contributed by atoms with van der Waals surface area (Å²) in [6.45, 7) is 2.57. The lowest BCUT2D eigenvalue weighted by molar-refractivity contribution is 0.361. The van der Waals surface area contributed by atoms with E-state index >= 15 is 0 Å². The Kier molecular flexibility index (Phi) is 2.79. The maximum Gasteiger partial charge on any atom is 0.0767 e. The molecule has 2 nitrogen and oxygen atoms in total. The van der Waals surface area contributed by atoms with Crippen LogP contribution < -0.4 is 0 Å². The molecular weight excluding hydrogens is 145 g/mol. The number of pyridine rings is 1. The van der Waals surface area contributed by atoms with Crippen LogP contribution in [0.15, 0.2) is 18.3 Å². The Morgan fingerprint density at radius 2 is 2.40 bits per heavy atom. The highest BCUT2D eigenvalue weighted by atomic mass is 31.0. The van der Waals surface area contributed by atoms with Crippen molar-refractivity contribution < 1.29 is 4.52 Å². The highest BCUT2D eigenvalue weighted by Crippen LogP contribution is 2.02. The van der Waals surface area contributed by atoms with Gasteiger partial charge in [0.2, 0.25) is 0 Å². The zero-order valence-electron chi connectivity index (χ0n) is 5.87. The second-order valence-electron chi connectivity index (χ2n) is 2.12. The summed E-state index contributed by atoms with van der Waals surface area (Å²) in [6.07, 6.45) is 1.82. The van der Waals surface area contributed by atoms with E-state index in [0.29, 0.717) is 6.61 Å². The number of hydrogen-bond acceptors (Lipinski definition) is 2. The third kappa shape index (κ3) is 2.05. The molecule has 1 heterocycles. The van der Waals surface area contributed by atoms with Gasteiger partial charge in [-0.2, -0.15) is 0 Å². The Labute approximate surface area is 62.9 Å². The van der Waals surface area contributed by atoms with Crippen molar-refractivity contribution in [1.29, 1.82) is 0 Å². The zero-order valence-corrected chi connectivity index (χ0v) is 7.03. The molecule has 54 valence electrons. The van der Waals surface area contributed by atoms with Gasteiger partial charge in [-0.15, -0.1) is 0 Å². The second kappa shape index (κ2) is 3.65. The van der Waals surface area contributed by atoms with Gasteiger partial charge in [0.25, 0.3) is 0 Å². The number of rotatable bonds is 2. The molecule has 0 bridgehead atoms. The molecule has 0 aromatic carbocycles. The van der Waals surface area contributed by atoms with Crippen LogP contribution in [0, 0.1) is 6.92 Å². The van der Waals surface area contributed by atoms with Crippen molar-refractivity contribution in [3.8, 4) is 0 Å². The first-order valence-electron chi connectivity index (χ1n) is 3.06. The molecule has 1 atom stereocenters. The largest absolute Gasteiger partial charge is 0.361 e. The van der Waals surface area contributed by atoms with Crippen molar-refractivity contribution in [2.24, 2.45) is 0 Å². The molecule has 0 saturated carbocycles. The minimum Gasteiger partial charge on any atom is -0.361 e. The lowest BCUT2D eigenvalue weighted by Gasteiger charge is -1.97. The van der Waals surface area contributed by atoms with Crippen LogP contribution in [0.25, 0.3) is 0 Å². The molecule has 3 heteroatoms. The molecule has 0 N–H and O–H groups in total. The summed E-state index contributed by atoms with van der Waals surface area (Å²) >= 11 is 0. The fourth-order valence-electron chi connectivity index (χ4n) is 0.680. The molecule has 0 fully saturated rings. The SMILES string of the molecule is Cc1ccc(COP)cn1. The Balaban J connectivity index is 2.69. The molecule has 1 aromatic rings. The van der Waals surface area contributed by atoms with Gasteiger partial charge in [-0.1, -0.05) is 6.07 Å². The number of aromatic nitrogens is 1. The molecule has 0 aliphatic carbocycles. The smallest absolute Gasteiger partial charge is 0.0767 e. The van der Waals surface area contributed by atoms with E-state index in [4.69, 9.17) is 4.52 Å². The van der Waals surface area contributed by atoms with Gasteiger partial charge in [-0.3, -0.25) is 4.98 Å². The summed E-state index contributed by atoms with van der Waals surface area (Å²) in [7, 11) is 2.21. The quantitative estimate of drug-likeness (QED) is 0.606. The monoisotopic (exact) mass is 155 g/mol. The number of nitrogens with zero attached hydrogens (tertiary/aromatic N) is 1. The fraction of sp³-hybridized carbons (Fsp3) is 0.286. The molecule has 0 radical (unpaired) electrons. The van der Waals surface area contributed by atoms with Gasteiger partial charge in [0.05, 0.1) is 6.61 Å². The van der Waals surface area contributed by atoms with Gasteiger partial charge in [0, 0.05) is 21.4 Å². The van der Waals surface area contributed by atoms with Crippen LogP contribution in [0.1, 0.15) is 11.3 Å². The third-order valence-electron chi connectivity index (χ3n) is 1.22. The van der Waals surface area contributed by atoms with Gasteiger partial charge in [0.15, 0.2) is 0 Å². The predicted molar refractivity (Wildman–Crippen MR) is 43.5 cm³/mol. The fourth-order valence-corrected chi connectivity index (χ4v) is 0.872. The van der Waals surface area contributed by atoms with Gasteiger partial charge in [0.1, 0.15) is 0 Å². The molecule has 1 unspecified atom stereocenters. The first-order valence-corrected chi connectivity index (χ1v) is 3.53. The molecule has 10 heavy (non-hydrogen) atoms. The number of aryl methyl sites for hydroxylation is 1. The average molecular weight is 155 g/mol. The summed E-state index contributed by atoms with van der Waals surface area (Å²) in [5, 5.41) is 0. The van der Waals surface area contributed by atoms with E-state index in [2.05, 4.69) is 14.5 Å².